The van der Waals surface area contributed by atoms with Crippen molar-refractivity contribution in [2.75, 3.05) is 26.2 Å². The standard InChI is InChI=1S/C21H32N4O2/c1-3-17(25-13-7-10-20(25)26)11-12-23-21(22-4-2)24-15-18-14-16-8-5-6-9-19(16)27-18/h5-6,8-9,17-18H,3-4,7,10-15H2,1-2H3,(H2,22,23,24). The van der Waals surface area contributed by atoms with E-state index in [1.54, 1.807) is 0 Å². The van der Waals surface area contributed by atoms with Crippen molar-refractivity contribution in [1.82, 2.24) is 15.5 Å². The second-order valence-electron chi connectivity index (χ2n) is 7.24. The molecule has 0 radical (unpaired) electrons. The zero-order chi connectivity index (χ0) is 19.1. The fourth-order valence-corrected chi connectivity index (χ4v) is 3.88. The van der Waals surface area contributed by atoms with E-state index in [2.05, 4.69) is 41.5 Å². The van der Waals surface area contributed by atoms with Gasteiger partial charge in [0.2, 0.25) is 5.91 Å². The molecule has 1 aromatic rings. The first-order chi connectivity index (χ1) is 13.2. The van der Waals surface area contributed by atoms with Crippen molar-refractivity contribution >= 4 is 11.9 Å². The molecule has 0 aliphatic carbocycles. The third-order valence-electron chi connectivity index (χ3n) is 5.30. The summed E-state index contributed by atoms with van der Waals surface area (Å²) in [7, 11) is 0. The molecule has 2 N–H and O–H groups in total. The maximum absolute atomic E-state index is 12.0. The lowest BCUT2D eigenvalue weighted by Gasteiger charge is -2.27. The minimum absolute atomic E-state index is 0.100. The number of nitrogens with one attached hydrogen (secondary N) is 2. The molecule has 2 heterocycles. The van der Waals surface area contributed by atoms with E-state index in [1.807, 2.05) is 12.1 Å². The Morgan fingerprint density at radius 1 is 1.33 bits per heavy atom. The molecule has 6 nitrogen and oxygen atoms in total. The Bertz CT molecular complexity index is 636. The van der Waals surface area contributed by atoms with Crippen molar-refractivity contribution in [2.24, 2.45) is 4.99 Å². The lowest BCUT2D eigenvalue weighted by atomic mass is 10.1. The molecule has 1 saturated heterocycles. The molecule has 0 saturated carbocycles. The van der Waals surface area contributed by atoms with Crippen molar-refractivity contribution in [3.05, 3.63) is 29.8 Å². The number of carbonyl (C=O) groups is 1. The van der Waals surface area contributed by atoms with Crippen molar-refractivity contribution in [2.45, 2.75) is 58.1 Å². The fourth-order valence-electron chi connectivity index (χ4n) is 3.88. The van der Waals surface area contributed by atoms with Crippen LogP contribution in [0.4, 0.5) is 0 Å². The number of aliphatic imine (C=N–C) groups is 1. The van der Waals surface area contributed by atoms with Crippen LogP contribution in [0.5, 0.6) is 5.75 Å². The summed E-state index contributed by atoms with van der Waals surface area (Å²) in [4.78, 5) is 18.7. The molecule has 2 unspecified atom stereocenters. The maximum atomic E-state index is 12.0. The Balaban J connectivity index is 1.47. The summed E-state index contributed by atoms with van der Waals surface area (Å²) in [6, 6.07) is 8.52. The fraction of sp³-hybridized carbons (Fsp3) is 0.619. The highest BCUT2D eigenvalue weighted by molar-refractivity contribution is 5.80. The lowest BCUT2D eigenvalue weighted by molar-refractivity contribution is -0.129. The van der Waals surface area contributed by atoms with Gasteiger partial charge in [0.25, 0.3) is 0 Å². The van der Waals surface area contributed by atoms with Crippen molar-refractivity contribution in [3.8, 4) is 5.75 Å². The molecule has 0 aromatic heterocycles. The molecule has 0 bridgehead atoms. The predicted molar refractivity (Wildman–Crippen MR) is 108 cm³/mol. The molecule has 2 aliphatic heterocycles. The van der Waals surface area contributed by atoms with Gasteiger partial charge in [0, 0.05) is 38.5 Å². The van der Waals surface area contributed by atoms with Gasteiger partial charge in [0.15, 0.2) is 5.96 Å². The van der Waals surface area contributed by atoms with Crippen LogP contribution in [0.25, 0.3) is 0 Å². The molecule has 1 amide bonds. The van der Waals surface area contributed by atoms with Crippen molar-refractivity contribution < 1.29 is 9.53 Å². The minimum Gasteiger partial charge on any atom is -0.488 e. The number of guanidine groups is 1. The Hall–Kier alpha value is -2.24. The Morgan fingerprint density at radius 2 is 2.19 bits per heavy atom. The van der Waals surface area contributed by atoms with E-state index in [-0.39, 0.29) is 6.10 Å². The van der Waals surface area contributed by atoms with Gasteiger partial charge in [-0.1, -0.05) is 25.1 Å². The third-order valence-corrected chi connectivity index (χ3v) is 5.30. The zero-order valence-electron chi connectivity index (χ0n) is 16.5. The number of carbonyl (C=O) groups excluding carboxylic acids is 1. The van der Waals surface area contributed by atoms with Gasteiger partial charge in [-0.25, -0.2) is 4.99 Å². The first kappa shape index (κ1) is 19.5. The first-order valence-electron chi connectivity index (χ1n) is 10.3. The van der Waals surface area contributed by atoms with Crippen LogP contribution in [-0.2, 0) is 11.2 Å². The molecule has 0 spiro atoms. The third kappa shape index (κ3) is 5.15. The van der Waals surface area contributed by atoms with E-state index >= 15 is 0 Å². The molecule has 6 heteroatoms. The van der Waals surface area contributed by atoms with E-state index in [0.29, 0.717) is 24.9 Å². The number of amides is 1. The van der Waals surface area contributed by atoms with Gasteiger partial charge in [-0.2, -0.15) is 0 Å². The molecule has 27 heavy (non-hydrogen) atoms. The number of benzene rings is 1. The summed E-state index contributed by atoms with van der Waals surface area (Å²) in [5, 5.41) is 6.71. The predicted octanol–water partition coefficient (Wildman–Crippen LogP) is 2.34. The average molecular weight is 373 g/mol. The van der Waals surface area contributed by atoms with Gasteiger partial charge < -0.3 is 20.3 Å². The number of fused-ring (bicyclic) bond motifs is 1. The minimum atomic E-state index is 0.100. The molecule has 1 aromatic carbocycles. The molecular weight excluding hydrogens is 340 g/mol. The van der Waals surface area contributed by atoms with E-state index < -0.39 is 0 Å². The monoisotopic (exact) mass is 372 g/mol. The summed E-state index contributed by atoms with van der Waals surface area (Å²) in [5.41, 5.74) is 1.26. The number of hydrogen-bond acceptors (Lipinski definition) is 3. The molecule has 3 rings (SSSR count). The zero-order valence-corrected chi connectivity index (χ0v) is 16.5. The van der Waals surface area contributed by atoms with Crippen LogP contribution in [0.1, 0.15) is 45.1 Å². The number of rotatable bonds is 8. The average Bonchev–Trinajstić information content (AvgIpc) is 3.29. The molecule has 1 fully saturated rings. The largest absolute Gasteiger partial charge is 0.488 e. The molecule has 2 atom stereocenters. The number of nitrogens with zero attached hydrogens (tertiary/aromatic N) is 2. The number of hydrogen-bond donors (Lipinski definition) is 2. The van der Waals surface area contributed by atoms with Crippen LogP contribution in [0, 0.1) is 0 Å². The Labute approximate surface area is 162 Å². The quantitative estimate of drug-likeness (QED) is 0.543. The SMILES string of the molecule is CCNC(=NCC1Cc2ccccc2O1)NCCC(CC)N1CCCC1=O. The van der Waals surface area contributed by atoms with Gasteiger partial charge >= 0.3 is 0 Å². The normalized spacial score (nSPS) is 20.4. The molecule has 148 valence electrons. The second-order valence-corrected chi connectivity index (χ2v) is 7.24. The lowest BCUT2D eigenvalue weighted by Crippen LogP contribution is -2.42. The second kappa shape index (κ2) is 9.62. The van der Waals surface area contributed by atoms with E-state index in [0.717, 1.165) is 57.0 Å². The van der Waals surface area contributed by atoms with Gasteiger partial charge in [0.1, 0.15) is 11.9 Å². The van der Waals surface area contributed by atoms with E-state index in [9.17, 15) is 4.79 Å². The summed E-state index contributed by atoms with van der Waals surface area (Å²) in [5.74, 6) is 2.11. The van der Waals surface area contributed by atoms with Gasteiger partial charge in [0.05, 0.1) is 6.54 Å². The topological polar surface area (TPSA) is 66.0 Å². The van der Waals surface area contributed by atoms with Crippen LogP contribution < -0.4 is 15.4 Å². The Morgan fingerprint density at radius 3 is 2.89 bits per heavy atom. The summed E-state index contributed by atoms with van der Waals surface area (Å²) in [6.45, 7) is 7.39. The number of likely N-dealkylation sites (tertiary alicyclic amines) is 1. The Kier molecular flexibility index (Phi) is 6.96. The van der Waals surface area contributed by atoms with Crippen LogP contribution >= 0.6 is 0 Å². The van der Waals surface area contributed by atoms with E-state index in [4.69, 9.17) is 9.73 Å². The van der Waals surface area contributed by atoms with Crippen molar-refractivity contribution in [3.63, 3.8) is 0 Å². The molecular formula is C21H32N4O2. The van der Waals surface area contributed by atoms with Crippen molar-refractivity contribution in [1.29, 1.82) is 0 Å². The van der Waals surface area contributed by atoms with Gasteiger partial charge in [-0.3, -0.25) is 4.79 Å². The highest BCUT2D eigenvalue weighted by Crippen LogP contribution is 2.28. The molecule has 2 aliphatic rings. The first-order valence-corrected chi connectivity index (χ1v) is 10.3. The van der Waals surface area contributed by atoms with Gasteiger partial charge in [-0.05, 0) is 37.8 Å². The smallest absolute Gasteiger partial charge is 0.222 e. The van der Waals surface area contributed by atoms with Crippen LogP contribution in [-0.4, -0.2) is 55.1 Å². The summed E-state index contributed by atoms with van der Waals surface area (Å²) >= 11 is 0. The van der Waals surface area contributed by atoms with Crippen LogP contribution in [0.3, 0.4) is 0 Å². The van der Waals surface area contributed by atoms with Crippen LogP contribution in [0.2, 0.25) is 0 Å². The van der Waals surface area contributed by atoms with Gasteiger partial charge in [-0.15, -0.1) is 0 Å². The highest BCUT2D eigenvalue weighted by Gasteiger charge is 2.26. The maximum Gasteiger partial charge on any atom is 0.222 e. The summed E-state index contributed by atoms with van der Waals surface area (Å²) < 4.78 is 5.97. The highest BCUT2D eigenvalue weighted by atomic mass is 16.5. The summed E-state index contributed by atoms with van der Waals surface area (Å²) in [6.07, 6.45) is 4.65. The van der Waals surface area contributed by atoms with E-state index in [1.165, 1.54) is 5.56 Å². The number of para-hydroxylation sites is 1. The van der Waals surface area contributed by atoms with Crippen LogP contribution in [0.15, 0.2) is 29.3 Å². The number of ether oxygens (including phenoxy) is 1.